The summed E-state index contributed by atoms with van der Waals surface area (Å²) in [6.07, 6.45) is 0. The first-order chi connectivity index (χ1) is 15.4. The average molecular weight is 431 g/mol. The van der Waals surface area contributed by atoms with Crippen molar-refractivity contribution in [1.82, 2.24) is 10.6 Å². The standard InChI is InChI=1S/C25H25N3O4/c1-17-4-2-5-19(12-17)16-32-22-7-3-6-21(13-22)25(31)27-14-18-8-10-20(11-9-18)24(30)28-15-23(26)29/h2-13H,14-16H2,1H3,(H2,26,29)(H,27,31)(H,28,30). The van der Waals surface area contributed by atoms with Gasteiger partial charge in [-0.2, -0.15) is 0 Å². The quantitative estimate of drug-likeness (QED) is 0.484. The highest BCUT2D eigenvalue weighted by molar-refractivity contribution is 5.96. The maximum Gasteiger partial charge on any atom is 0.251 e. The minimum absolute atomic E-state index is 0.218. The van der Waals surface area contributed by atoms with E-state index in [-0.39, 0.29) is 18.4 Å². The van der Waals surface area contributed by atoms with Crippen LogP contribution in [0.3, 0.4) is 0 Å². The number of hydrogen-bond donors (Lipinski definition) is 3. The van der Waals surface area contributed by atoms with E-state index in [2.05, 4.69) is 16.7 Å². The lowest BCUT2D eigenvalue weighted by Crippen LogP contribution is -2.33. The van der Waals surface area contributed by atoms with E-state index in [1.807, 2.05) is 31.2 Å². The van der Waals surface area contributed by atoms with Gasteiger partial charge in [-0.3, -0.25) is 14.4 Å². The smallest absolute Gasteiger partial charge is 0.251 e. The van der Waals surface area contributed by atoms with Crippen molar-refractivity contribution in [3.8, 4) is 5.75 Å². The van der Waals surface area contributed by atoms with Crippen molar-refractivity contribution in [2.45, 2.75) is 20.1 Å². The number of nitrogens with one attached hydrogen (secondary N) is 2. The molecule has 0 heterocycles. The Labute approximate surface area is 186 Å². The Morgan fingerprint density at radius 1 is 0.812 bits per heavy atom. The van der Waals surface area contributed by atoms with E-state index in [1.54, 1.807) is 42.5 Å². The van der Waals surface area contributed by atoms with Crippen LogP contribution in [-0.2, 0) is 17.9 Å². The fraction of sp³-hybridized carbons (Fsp3) is 0.160. The summed E-state index contributed by atoms with van der Waals surface area (Å²) in [5.41, 5.74) is 8.97. The van der Waals surface area contributed by atoms with Gasteiger partial charge >= 0.3 is 0 Å². The number of amides is 3. The molecule has 0 aliphatic heterocycles. The number of nitrogens with two attached hydrogens (primary N) is 1. The minimum Gasteiger partial charge on any atom is -0.489 e. The summed E-state index contributed by atoms with van der Waals surface area (Å²) in [4.78, 5) is 35.2. The van der Waals surface area contributed by atoms with Gasteiger partial charge < -0.3 is 21.1 Å². The molecule has 0 aliphatic rings. The van der Waals surface area contributed by atoms with Gasteiger partial charge in [-0.05, 0) is 48.4 Å². The molecule has 32 heavy (non-hydrogen) atoms. The third-order valence-electron chi connectivity index (χ3n) is 4.68. The van der Waals surface area contributed by atoms with Crippen LogP contribution in [0.5, 0.6) is 5.75 Å². The molecule has 0 aromatic heterocycles. The van der Waals surface area contributed by atoms with Gasteiger partial charge in [0.2, 0.25) is 5.91 Å². The molecule has 4 N–H and O–H groups in total. The van der Waals surface area contributed by atoms with E-state index in [0.717, 1.165) is 11.1 Å². The Morgan fingerprint density at radius 3 is 2.25 bits per heavy atom. The molecule has 7 nitrogen and oxygen atoms in total. The monoisotopic (exact) mass is 431 g/mol. The number of benzene rings is 3. The van der Waals surface area contributed by atoms with Crippen LogP contribution in [0.4, 0.5) is 0 Å². The second-order valence-corrected chi connectivity index (χ2v) is 7.33. The van der Waals surface area contributed by atoms with Gasteiger partial charge in [0.25, 0.3) is 11.8 Å². The fourth-order valence-corrected chi connectivity index (χ4v) is 3.02. The van der Waals surface area contributed by atoms with Crippen molar-refractivity contribution in [2.75, 3.05) is 6.54 Å². The van der Waals surface area contributed by atoms with Crippen LogP contribution >= 0.6 is 0 Å². The summed E-state index contributed by atoms with van der Waals surface area (Å²) < 4.78 is 5.82. The van der Waals surface area contributed by atoms with Gasteiger partial charge in [-0.1, -0.05) is 48.0 Å². The number of primary amides is 1. The number of carbonyl (C=O) groups is 3. The highest BCUT2D eigenvalue weighted by Crippen LogP contribution is 2.16. The first-order valence-electron chi connectivity index (χ1n) is 10.1. The van der Waals surface area contributed by atoms with Gasteiger partial charge in [0.15, 0.2) is 0 Å². The molecule has 3 rings (SSSR count). The van der Waals surface area contributed by atoms with Crippen LogP contribution in [0, 0.1) is 6.92 Å². The lowest BCUT2D eigenvalue weighted by atomic mass is 10.1. The normalized spacial score (nSPS) is 10.3. The second kappa shape index (κ2) is 10.8. The van der Waals surface area contributed by atoms with E-state index < -0.39 is 5.91 Å². The highest BCUT2D eigenvalue weighted by Gasteiger charge is 2.09. The summed E-state index contributed by atoms with van der Waals surface area (Å²) in [7, 11) is 0. The predicted molar refractivity (Wildman–Crippen MR) is 121 cm³/mol. The Kier molecular flexibility index (Phi) is 7.59. The van der Waals surface area contributed by atoms with E-state index in [9.17, 15) is 14.4 Å². The number of carbonyl (C=O) groups excluding carboxylic acids is 3. The zero-order chi connectivity index (χ0) is 22.9. The zero-order valence-corrected chi connectivity index (χ0v) is 17.8. The molecule has 164 valence electrons. The third kappa shape index (κ3) is 6.70. The van der Waals surface area contributed by atoms with Gasteiger partial charge in [-0.25, -0.2) is 0 Å². The lowest BCUT2D eigenvalue weighted by Gasteiger charge is -2.10. The molecule has 3 amide bonds. The number of ether oxygens (including phenoxy) is 1. The molecule has 0 radical (unpaired) electrons. The predicted octanol–water partition coefficient (Wildman–Crippen LogP) is 2.72. The maximum absolute atomic E-state index is 12.5. The molecule has 0 spiro atoms. The Morgan fingerprint density at radius 2 is 1.53 bits per heavy atom. The van der Waals surface area contributed by atoms with E-state index in [1.165, 1.54) is 5.56 Å². The van der Waals surface area contributed by atoms with Crippen molar-refractivity contribution in [2.24, 2.45) is 5.73 Å². The molecule has 3 aromatic rings. The Hall–Kier alpha value is -4.13. The number of aryl methyl sites for hydroxylation is 1. The van der Waals surface area contributed by atoms with Gasteiger partial charge in [0.1, 0.15) is 12.4 Å². The van der Waals surface area contributed by atoms with Crippen molar-refractivity contribution in [3.63, 3.8) is 0 Å². The van der Waals surface area contributed by atoms with Crippen molar-refractivity contribution in [3.05, 3.63) is 101 Å². The molecule has 0 saturated carbocycles. The number of hydrogen-bond acceptors (Lipinski definition) is 4. The molecule has 0 atom stereocenters. The van der Waals surface area contributed by atoms with E-state index in [0.29, 0.717) is 30.0 Å². The van der Waals surface area contributed by atoms with Crippen molar-refractivity contribution in [1.29, 1.82) is 0 Å². The van der Waals surface area contributed by atoms with Crippen LogP contribution < -0.4 is 21.1 Å². The molecule has 0 bridgehead atoms. The van der Waals surface area contributed by atoms with Crippen molar-refractivity contribution >= 4 is 17.7 Å². The molecular formula is C25H25N3O4. The largest absolute Gasteiger partial charge is 0.489 e. The van der Waals surface area contributed by atoms with E-state index >= 15 is 0 Å². The second-order valence-electron chi connectivity index (χ2n) is 7.33. The number of rotatable bonds is 9. The van der Waals surface area contributed by atoms with Crippen LogP contribution in [0.2, 0.25) is 0 Å². The zero-order valence-electron chi connectivity index (χ0n) is 17.8. The molecule has 0 aliphatic carbocycles. The summed E-state index contributed by atoms with van der Waals surface area (Å²) in [6.45, 7) is 2.54. The van der Waals surface area contributed by atoms with Gasteiger partial charge in [0.05, 0.1) is 6.54 Å². The summed E-state index contributed by atoms with van der Waals surface area (Å²) in [5, 5.41) is 5.28. The highest BCUT2D eigenvalue weighted by atomic mass is 16.5. The van der Waals surface area contributed by atoms with Gasteiger partial charge in [0, 0.05) is 17.7 Å². The Balaban J connectivity index is 1.53. The average Bonchev–Trinajstić information content (AvgIpc) is 2.80. The first kappa shape index (κ1) is 22.6. The van der Waals surface area contributed by atoms with Crippen LogP contribution in [0.15, 0.2) is 72.8 Å². The summed E-state index contributed by atoms with van der Waals surface area (Å²) in [5.74, 6) is -0.607. The molecule has 7 heteroatoms. The SMILES string of the molecule is Cc1cccc(COc2cccc(C(=O)NCc3ccc(C(=O)NCC(N)=O)cc3)c2)c1. The molecule has 0 unspecified atom stereocenters. The minimum atomic E-state index is -0.609. The molecule has 0 fully saturated rings. The molecule has 3 aromatic carbocycles. The fourth-order valence-electron chi connectivity index (χ4n) is 3.02. The Bertz CT molecular complexity index is 1110. The van der Waals surface area contributed by atoms with Crippen LogP contribution in [-0.4, -0.2) is 24.3 Å². The third-order valence-corrected chi connectivity index (χ3v) is 4.68. The first-order valence-corrected chi connectivity index (χ1v) is 10.1. The summed E-state index contributed by atoms with van der Waals surface area (Å²) >= 11 is 0. The van der Waals surface area contributed by atoms with Crippen LogP contribution in [0.25, 0.3) is 0 Å². The topological polar surface area (TPSA) is 111 Å². The van der Waals surface area contributed by atoms with E-state index in [4.69, 9.17) is 10.5 Å². The molecular weight excluding hydrogens is 406 g/mol. The summed E-state index contributed by atoms with van der Waals surface area (Å²) in [6, 6.07) is 21.8. The van der Waals surface area contributed by atoms with Crippen molar-refractivity contribution < 1.29 is 19.1 Å². The molecule has 0 saturated heterocycles. The van der Waals surface area contributed by atoms with Crippen LogP contribution in [0.1, 0.15) is 37.4 Å². The maximum atomic E-state index is 12.5. The van der Waals surface area contributed by atoms with Gasteiger partial charge in [-0.15, -0.1) is 0 Å². The lowest BCUT2D eigenvalue weighted by molar-refractivity contribution is -0.117.